The van der Waals surface area contributed by atoms with Crippen LogP contribution in [0.4, 0.5) is 4.39 Å². The van der Waals surface area contributed by atoms with E-state index in [9.17, 15) is 18.8 Å². The van der Waals surface area contributed by atoms with E-state index in [2.05, 4.69) is 4.98 Å². The highest BCUT2D eigenvalue weighted by molar-refractivity contribution is 5.78. The lowest BCUT2D eigenvalue weighted by atomic mass is 10.0. The summed E-state index contributed by atoms with van der Waals surface area (Å²) in [5.41, 5.74) is -0.697. The molecule has 0 atom stereocenters. The number of H-pyrrole nitrogens is 1. The molecule has 134 valence electrons. The number of carbonyl (C=O) groups is 1. The Morgan fingerprint density at radius 2 is 2.04 bits per heavy atom. The van der Waals surface area contributed by atoms with Gasteiger partial charge in [0.2, 0.25) is 5.91 Å². The molecule has 1 aliphatic heterocycles. The molecule has 1 saturated heterocycles. The molecule has 0 saturated carbocycles. The van der Waals surface area contributed by atoms with E-state index in [1.165, 1.54) is 12.1 Å². The molecule has 0 unspecified atom stereocenters. The summed E-state index contributed by atoms with van der Waals surface area (Å²) in [6, 6.07) is 3.39. The number of carbonyl (C=O) groups excluding carboxylic acids is 1. The number of amides is 1. The lowest BCUT2D eigenvalue weighted by Gasteiger charge is -2.32. The van der Waals surface area contributed by atoms with Gasteiger partial charge in [-0.3, -0.25) is 14.2 Å². The van der Waals surface area contributed by atoms with Crippen molar-refractivity contribution < 1.29 is 13.9 Å². The summed E-state index contributed by atoms with van der Waals surface area (Å²) in [7, 11) is 0. The summed E-state index contributed by atoms with van der Waals surface area (Å²) in [5, 5.41) is 0.148. The van der Waals surface area contributed by atoms with Crippen LogP contribution in [0.15, 0.2) is 27.8 Å². The molecule has 0 aliphatic carbocycles. The molecule has 25 heavy (non-hydrogen) atoms. The standard InChI is InChI=1S/C17H20FN3O4/c1-2-25-10-15(22)20-7-5-12(6-8-20)21-16(23)13-9-11(18)3-4-14(13)19-17(21)24/h3-4,9,12H,2,5-8,10H2,1H3,(H,19,24). The maximum Gasteiger partial charge on any atom is 0.329 e. The van der Waals surface area contributed by atoms with Gasteiger partial charge in [0.15, 0.2) is 0 Å². The van der Waals surface area contributed by atoms with Crippen molar-refractivity contribution in [1.82, 2.24) is 14.5 Å². The van der Waals surface area contributed by atoms with Crippen molar-refractivity contribution in [3.8, 4) is 0 Å². The summed E-state index contributed by atoms with van der Waals surface area (Å²) < 4.78 is 19.7. The quantitative estimate of drug-likeness (QED) is 0.893. The number of benzene rings is 1. The molecule has 2 aromatic rings. The molecule has 3 rings (SSSR count). The van der Waals surface area contributed by atoms with Crippen molar-refractivity contribution in [2.45, 2.75) is 25.8 Å². The Morgan fingerprint density at radius 1 is 1.32 bits per heavy atom. The van der Waals surface area contributed by atoms with Crippen molar-refractivity contribution in [2.75, 3.05) is 26.3 Å². The van der Waals surface area contributed by atoms with Gasteiger partial charge >= 0.3 is 5.69 Å². The summed E-state index contributed by atoms with van der Waals surface area (Å²) in [6.45, 7) is 3.23. The van der Waals surface area contributed by atoms with Gasteiger partial charge in [0.25, 0.3) is 5.56 Å². The van der Waals surface area contributed by atoms with Gasteiger partial charge in [0.05, 0.1) is 10.9 Å². The fourth-order valence-corrected chi connectivity index (χ4v) is 3.19. The summed E-state index contributed by atoms with van der Waals surface area (Å²) in [4.78, 5) is 41.2. The largest absolute Gasteiger partial charge is 0.372 e. The van der Waals surface area contributed by atoms with Gasteiger partial charge in [-0.05, 0) is 38.0 Å². The Hall–Kier alpha value is -2.48. The number of likely N-dealkylation sites (tertiary alicyclic amines) is 1. The summed E-state index contributed by atoms with van der Waals surface area (Å²) >= 11 is 0. The molecule has 0 bridgehead atoms. The smallest absolute Gasteiger partial charge is 0.329 e. The number of nitrogens with zero attached hydrogens (tertiary/aromatic N) is 2. The molecule has 0 spiro atoms. The first kappa shape index (κ1) is 17.3. The molecule has 8 heteroatoms. The number of hydrogen-bond acceptors (Lipinski definition) is 4. The Balaban J connectivity index is 1.83. The van der Waals surface area contributed by atoms with E-state index >= 15 is 0 Å². The molecule has 0 radical (unpaired) electrons. The van der Waals surface area contributed by atoms with Crippen LogP contribution in [-0.4, -0.2) is 46.7 Å². The van der Waals surface area contributed by atoms with Crippen LogP contribution in [0, 0.1) is 5.82 Å². The SMILES string of the molecule is CCOCC(=O)N1CCC(n2c(=O)[nH]c3ccc(F)cc3c2=O)CC1. The monoisotopic (exact) mass is 349 g/mol. The van der Waals surface area contributed by atoms with Gasteiger partial charge in [0, 0.05) is 25.7 Å². The van der Waals surface area contributed by atoms with E-state index in [-0.39, 0.29) is 23.9 Å². The van der Waals surface area contributed by atoms with E-state index in [1.54, 1.807) is 4.90 Å². The number of aromatic nitrogens is 2. The van der Waals surface area contributed by atoms with Gasteiger partial charge in [-0.25, -0.2) is 9.18 Å². The first-order valence-electron chi connectivity index (χ1n) is 8.31. The van der Waals surface area contributed by atoms with Crippen LogP contribution >= 0.6 is 0 Å². The van der Waals surface area contributed by atoms with Crippen molar-refractivity contribution in [2.24, 2.45) is 0 Å². The van der Waals surface area contributed by atoms with Crippen LogP contribution in [-0.2, 0) is 9.53 Å². The predicted octanol–water partition coefficient (Wildman–Crippen LogP) is 1.03. The van der Waals surface area contributed by atoms with Crippen LogP contribution in [0.2, 0.25) is 0 Å². The van der Waals surface area contributed by atoms with E-state index in [0.717, 1.165) is 10.6 Å². The van der Waals surface area contributed by atoms with Crippen molar-refractivity contribution in [1.29, 1.82) is 0 Å². The van der Waals surface area contributed by atoms with Gasteiger partial charge in [-0.2, -0.15) is 0 Å². The highest BCUT2D eigenvalue weighted by Gasteiger charge is 2.26. The number of halogens is 1. The summed E-state index contributed by atoms with van der Waals surface area (Å²) in [5.74, 6) is -0.623. The second-order valence-corrected chi connectivity index (χ2v) is 6.04. The van der Waals surface area contributed by atoms with Gasteiger partial charge in [0.1, 0.15) is 12.4 Å². The zero-order chi connectivity index (χ0) is 18.0. The van der Waals surface area contributed by atoms with Crippen molar-refractivity contribution in [3.05, 3.63) is 44.9 Å². The van der Waals surface area contributed by atoms with E-state index in [1.807, 2.05) is 6.92 Å². The Labute approximate surface area is 143 Å². The Morgan fingerprint density at radius 3 is 2.72 bits per heavy atom. The third-order valence-electron chi connectivity index (χ3n) is 4.50. The maximum absolute atomic E-state index is 13.4. The lowest BCUT2D eigenvalue weighted by Crippen LogP contribution is -2.45. The third-order valence-corrected chi connectivity index (χ3v) is 4.50. The van der Waals surface area contributed by atoms with E-state index in [0.29, 0.717) is 38.1 Å². The first-order chi connectivity index (χ1) is 12.0. The Kier molecular flexibility index (Phi) is 4.98. The van der Waals surface area contributed by atoms with Crippen LogP contribution in [0.5, 0.6) is 0 Å². The lowest BCUT2D eigenvalue weighted by molar-refractivity contribution is -0.137. The molecule has 2 heterocycles. The second-order valence-electron chi connectivity index (χ2n) is 6.04. The number of fused-ring (bicyclic) bond motifs is 1. The van der Waals surface area contributed by atoms with E-state index in [4.69, 9.17) is 4.74 Å². The molecule has 1 aromatic heterocycles. The average molecular weight is 349 g/mol. The van der Waals surface area contributed by atoms with Crippen LogP contribution in [0.3, 0.4) is 0 Å². The fourth-order valence-electron chi connectivity index (χ4n) is 3.19. The number of aromatic amines is 1. The van der Waals surface area contributed by atoms with Crippen LogP contribution in [0.25, 0.3) is 10.9 Å². The maximum atomic E-state index is 13.4. The minimum absolute atomic E-state index is 0.0386. The number of ether oxygens (including phenoxy) is 1. The molecule has 1 amide bonds. The van der Waals surface area contributed by atoms with Gasteiger partial charge in [-0.15, -0.1) is 0 Å². The molecule has 7 nitrogen and oxygen atoms in total. The molecule has 1 aliphatic rings. The zero-order valence-corrected chi connectivity index (χ0v) is 14.0. The number of piperidine rings is 1. The van der Waals surface area contributed by atoms with Crippen LogP contribution in [0.1, 0.15) is 25.8 Å². The second kappa shape index (κ2) is 7.18. The summed E-state index contributed by atoms with van der Waals surface area (Å²) in [6.07, 6.45) is 0.976. The van der Waals surface area contributed by atoms with Crippen molar-refractivity contribution in [3.63, 3.8) is 0 Å². The topological polar surface area (TPSA) is 84.4 Å². The van der Waals surface area contributed by atoms with Crippen molar-refractivity contribution >= 4 is 16.8 Å². The number of nitrogens with one attached hydrogen (secondary N) is 1. The number of hydrogen-bond donors (Lipinski definition) is 1. The van der Waals surface area contributed by atoms with Gasteiger partial charge < -0.3 is 14.6 Å². The number of rotatable bonds is 4. The highest BCUT2D eigenvalue weighted by atomic mass is 19.1. The molecule has 1 N–H and O–H groups in total. The fraction of sp³-hybridized carbons (Fsp3) is 0.471. The minimum Gasteiger partial charge on any atom is -0.372 e. The zero-order valence-electron chi connectivity index (χ0n) is 14.0. The van der Waals surface area contributed by atoms with Gasteiger partial charge in [-0.1, -0.05) is 0 Å². The highest BCUT2D eigenvalue weighted by Crippen LogP contribution is 2.20. The van der Waals surface area contributed by atoms with E-state index < -0.39 is 17.1 Å². The first-order valence-corrected chi connectivity index (χ1v) is 8.31. The van der Waals surface area contributed by atoms with Crippen LogP contribution < -0.4 is 11.2 Å². The third kappa shape index (κ3) is 3.48. The molecule has 1 fully saturated rings. The minimum atomic E-state index is -0.528. The average Bonchev–Trinajstić information content (AvgIpc) is 2.61. The molecule has 1 aromatic carbocycles. The normalized spacial score (nSPS) is 15.7. The molecular formula is C17H20FN3O4. The molecular weight excluding hydrogens is 329 g/mol. The Bertz CT molecular complexity index is 897. The predicted molar refractivity (Wildman–Crippen MR) is 90.1 cm³/mol.